The summed E-state index contributed by atoms with van der Waals surface area (Å²) in [6, 6.07) is 8.50. The van der Waals surface area contributed by atoms with Gasteiger partial charge >= 0.3 is 5.30 Å². The van der Waals surface area contributed by atoms with E-state index >= 15 is 0 Å². The summed E-state index contributed by atoms with van der Waals surface area (Å²) in [5, 5.41) is 3.47. The van der Waals surface area contributed by atoms with Crippen molar-refractivity contribution in [2.75, 3.05) is 26.6 Å². The van der Waals surface area contributed by atoms with Crippen LogP contribution in [0.4, 0.5) is 4.79 Å². The molecule has 0 N–H and O–H groups in total. The molecule has 0 saturated heterocycles. The first-order chi connectivity index (χ1) is 18.9. The molecule has 5 atom stereocenters. The van der Waals surface area contributed by atoms with Crippen LogP contribution in [-0.2, 0) is 19.1 Å². The Morgan fingerprint density at radius 2 is 1.95 bits per heavy atom. The Morgan fingerprint density at radius 3 is 2.67 bits per heavy atom. The van der Waals surface area contributed by atoms with E-state index in [0.29, 0.717) is 30.6 Å². The van der Waals surface area contributed by atoms with Crippen molar-refractivity contribution < 1.29 is 23.9 Å². The van der Waals surface area contributed by atoms with Crippen molar-refractivity contribution in [1.82, 2.24) is 0 Å². The fraction of sp³-hybridized carbons (Fsp3) is 0.594. The molecular formula is C32H41NO5S. The van der Waals surface area contributed by atoms with Crippen LogP contribution in [0.25, 0.3) is 0 Å². The van der Waals surface area contributed by atoms with Crippen LogP contribution in [0.1, 0.15) is 82.3 Å². The van der Waals surface area contributed by atoms with E-state index in [1.165, 1.54) is 23.1 Å². The number of rotatable bonds is 7. The van der Waals surface area contributed by atoms with E-state index in [0.717, 1.165) is 55.9 Å². The summed E-state index contributed by atoms with van der Waals surface area (Å²) < 4.78 is 12.2. The minimum Gasteiger partial charge on any atom is -0.382 e. The molecule has 4 aliphatic rings. The monoisotopic (exact) mass is 551 g/mol. The van der Waals surface area contributed by atoms with Crippen LogP contribution in [0.15, 0.2) is 52.2 Å². The standard InChI is InChI=1S/C32H41NO5S/c1-5-39-30(35)38-33-19-21-8-10-22(11-9-21)27-18-31(2)28(7-6-16-32(31,37-4)20-36-3)26-14-12-23-17-24(34)13-15-25(23)29(26)27/h8-11,17,19,26-28H,5-7,12-16,18,20H2,1-4H3/b33-19+/t26?,27-,28?,31+,32-/m1/s1. The van der Waals surface area contributed by atoms with Crippen LogP contribution in [0.2, 0.25) is 0 Å². The zero-order valence-electron chi connectivity index (χ0n) is 23.7. The number of thioether (sulfide) groups is 1. The van der Waals surface area contributed by atoms with Gasteiger partial charge < -0.3 is 14.3 Å². The fourth-order valence-electron chi connectivity index (χ4n) is 8.21. The topological polar surface area (TPSA) is 74.2 Å². The molecule has 39 heavy (non-hydrogen) atoms. The zero-order valence-corrected chi connectivity index (χ0v) is 24.5. The van der Waals surface area contributed by atoms with E-state index in [2.05, 4.69) is 36.3 Å². The van der Waals surface area contributed by atoms with Crippen LogP contribution < -0.4 is 0 Å². The van der Waals surface area contributed by atoms with E-state index in [1.54, 1.807) is 18.9 Å². The van der Waals surface area contributed by atoms with Crippen molar-refractivity contribution in [3.05, 3.63) is 58.2 Å². The molecular weight excluding hydrogens is 510 g/mol. The van der Waals surface area contributed by atoms with Gasteiger partial charge in [-0.3, -0.25) is 4.79 Å². The van der Waals surface area contributed by atoms with Gasteiger partial charge in [0.15, 0.2) is 5.78 Å². The molecule has 0 bridgehead atoms. The molecule has 1 aromatic rings. The summed E-state index contributed by atoms with van der Waals surface area (Å²) in [6.45, 7) is 4.96. The number of fused-ring (bicyclic) bond motifs is 4. The van der Waals surface area contributed by atoms with Gasteiger partial charge in [0.25, 0.3) is 0 Å². The number of carbonyl (C=O) groups excluding carboxylic acids is 2. The second-order valence-electron chi connectivity index (χ2n) is 11.7. The third-order valence-electron chi connectivity index (χ3n) is 9.96. The molecule has 0 aliphatic heterocycles. The van der Waals surface area contributed by atoms with Crippen molar-refractivity contribution >= 4 is 29.1 Å². The molecule has 0 aromatic heterocycles. The number of benzene rings is 1. The lowest BCUT2D eigenvalue weighted by molar-refractivity contribution is -0.203. The van der Waals surface area contributed by atoms with Gasteiger partial charge in [-0.15, -0.1) is 0 Å². The summed E-state index contributed by atoms with van der Waals surface area (Å²) in [5.74, 6) is 2.18. The first-order valence-corrected chi connectivity index (χ1v) is 15.3. The van der Waals surface area contributed by atoms with Gasteiger partial charge in [-0.2, -0.15) is 0 Å². The van der Waals surface area contributed by atoms with E-state index in [-0.39, 0.29) is 22.7 Å². The lowest BCUT2D eigenvalue weighted by atomic mass is 9.45. The van der Waals surface area contributed by atoms with Crippen molar-refractivity contribution in [2.45, 2.75) is 76.7 Å². The van der Waals surface area contributed by atoms with E-state index < -0.39 is 5.30 Å². The van der Waals surface area contributed by atoms with Crippen LogP contribution in [-0.4, -0.2) is 49.5 Å². The van der Waals surface area contributed by atoms with Crippen LogP contribution in [0.3, 0.4) is 0 Å². The van der Waals surface area contributed by atoms with Gasteiger partial charge in [0.2, 0.25) is 0 Å². The van der Waals surface area contributed by atoms with Gasteiger partial charge in [-0.05, 0) is 90.5 Å². The SMILES string of the molecule is CCSC(=O)O/N=C/c1ccc([C@H]2C[C@@]3(C)C(CCC[C@]3(COC)OC)C3CCC4=CC(=O)CCC4=C32)cc1. The minimum atomic E-state index is -0.396. The lowest BCUT2D eigenvalue weighted by Crippen LogP contribution is -2.61. The number of carbonyl (C=O) groups is 2. The molecule has 0 heterocycles. The predicted molar refractivity (Wildman–Crippen MR) is 155 cm³/mol. The highest BCUT2D eigenvalue weighted by atomic mass is 32.2. The zero-order chi connectivity index (χ0) is 27.6. The third-order valence-corrected chi connectivity index (χ3v) is 10.6. The Kier molecular flexibility index (Phi) is 8.51. The molecule has 2 unspecified atom stereocenters. The van der Waals surface area contributed by atoms with Gasteiger partial charge in [0, 0.05) is 37.7 Å². The number of ether oxygens (including phenoxy) is 2. The van der Waals surface area contributed by atoms with Crippen LogP contribution in [0.5, 0.6) is 0 Å². The summed E-state index contributed by atoms with van der Waals surface area (Å²) in [7, 11) is 3.65. The van der Waals surface area contributed by atoms with E-state index in [9.17, 15) is 9.59 Å². The van der Waals surface area contributed by atoms with Gasteiger partial charge in [-0.1, -0.05) is 55.3 Å². The third kappa shape index (κ3) is 5.18. The number of nitrogens with zero attached hydrogens (tertiary/aromatic N) is 1. The normalized spacial score (nSPS) is 32.4. The average Bonchev–Trinajstić information content (AvgIpc) is 2.93. The van der Waals surface area contributed by atoms with Crippen molar-refractivity contribution in [3.8, 4) is 0 Å². The molecule has 0 amide bonds. The quantitative estimate of drug-likeness (QED) is 0.202. The number of hydrogen-bond acceptors (Lipinski definition) is 7. The Balaban J connectivity index is 1.54. The lowest BCUT2D eigenvalue weighted by Gasteiger charge is -2.62. The van der Waals surface area contributed by atoms with Crippen LogP contribution in [0, 0.1) is 17.3 Å². The average molecular weight is 552 g/mol. The molecule has 210 valence electrons. The summed E-state index contributed by atoms with van der Waals surface area (Å²) in [4.78, 5) is 28.9. The number of methoxy groups -OCH3 is 2. The van der Waals surface area contributed by atoms with Gasteiger partial charge in [0.1, 0.15) is 0 Å². The Morgan fingerprint density at radius 1 is 1.15 bits per heavy atom. The number of hydrogen-bond donors (Lipinski definition) is 0. The molecule has 5 rings (SSSR count). The van der Waals surface area contributed by atoms with Gasteiger partial charge in [-0.25, -0.2) is 4.79 Å². The predicted octanol–water partition coefficient (Wildman–Crippen LogP) is 7.23. The smallest absolute Gasteiger partial charge is 0.382 e. The molecule has 2 saturated carbocycles. The molecule has 2 fully saturated rings. The summed E-state index contributed by atoms with van der Waals surface area (Å²) in [6.07, 6.45) is 11.4. The number of allylic oxidation sites excluding steroid dienone is 4. The fourth-order valence-corrected chi connectivity index (χ4v) is 8.54. The first-order valence-electron chi connectivity index (χ1n) is 14.3. The Hall–Kier alpha value is -2.22. The molecule has 0 spiro atoms. The summed E-state index contributed by atoms with van der Waals surface area (Å²) >= 11 is 1.10. The highest BCUT2D eigenvalue weighted by Gasteiger charge is 2.61. The maximum absolute atomic E-state index is 12.3. The Labute approximate surface area is 236 Å². The highest BCUT2D eigenvalue weighted by molar-refractivity contribution is 8.13. The number of oxime groups is 1. The molecule has 7 heteroatoms. The van der Waals surface area contributed by atoms with Crippen molar-refractivity contribution in [3.63, 3.8) is 0 Å². The second kappa shape index (κ2) is 11.7. The largest absolute Gasteiger partial charge is 0.393 e. The molecule has 0 radical (unpaired) electrons. The highest BCUT2D eigenvalue weighted by Crippen LogP contribution is 2.66. The number of ketones is 1. The maximum atomic E-state index is 12.3. The van der Waals surface area contributed by atoms with Crippen molar-refractivity contribution in [1.29, 1.82) is 0 Å². The first kappa shape index (κ1) is 28.3. The maximum Gasteiger partial charge on any atom is 0.393 e. The van der Waals surface area contributed by atoms with Crippen LogP contribution >= 0.6 is 11.8 Å². The second-order valence-corrected chi connectivity index (χ2v) is 12.9. The molecule has 6 nitrogen and oxygen atoms in total. The summed E-state index contributed by atoms with van der Waals surface area (Å²) in [5.41, 5.74) is 6.11. The van der Waals surface area contributed by atoms with E-state index in [1.807, 2.05) is 20.1 Å². The molecule has 4 aliphatic carbocycles. The van der Waals surface area contributed by atoms with Crippen molar-refractivity contribution in [2.24, 2.45) is 22.4 Å². The van der Waals surface area contributed by atoms with E-state index in [4.69, 9.17) is 14.3 Å². The Bertz CT molecular complexity index is 1180. The minimum absolute atomic E-state index is 0.0353. The van der Waals surface area contributed by atoms with Gasteiger partial charge in [0.05, 0.1) is 18.4 Å². The molecule has 1 aromatic carbocycles.